The van der Waals surface area contributed by atoms with Crippen molar-refractivity contribution in [3.8, 4) is 5.75 Å². The van der Waals surface area contributed by atoms with Gasteiger partial charge >= 0.3 is 0 Å². The highest BCUT2D eigenvalue weighted by Crippen LogP contribution is 2.34. The van der Waals surface area contributed by atoms with Crippen molar-refractivity contribution in [2.45, 2.75) is 45.1 Å². The van der Waals surface area contributed by atoms with Gasteiger partial charge in [-0.1, -0.05) is 30.2 Å². The maximum absolute atomic E-state index is 5.80. The Kier molecular flexibility index (Phi) is 5.00. The first kappa shape index (κ1) is 14.1. The number of methoxy groups -OCH3 is 1. The number of rotatable bonds is 4. The summed E-state index contributed by atoms with van der Waals surface area (Å²) in [4.78, 5) is 0. The van der Waals surface area contributed by atoms with Crippen molar-refractivity contribution in [1.29, 1.82) is 0 Å². The van der Waals surface area contributed by atoms with Crippen LogP contribution >= 0.6 is 0 Å². The van der Waals surface area contributed by atoms with E-state index in [1.54, 1.807) is 7.11 Å². The van der Waals surface area contributed by atoms with Crippen molar-refractivity contribution in [2.24, 2.45) is 5.84 Å². The van der Waals surface area contributed by atoms with E-state index in [9.17, 15) is 0 Å². The fraction of sp³-hybridized carbons (Fsp3) is 0.500. The minimum Gasteiger partial charge on any atom is -0.496 e. The van der Waals surface area contributed by atoms with Gasteiger partial charge in [-0.2, -0.15) is 0 Å². The first-order valence-electron chi connectivity index (χ1n) is 7.06. The molecule has 0 radical (unpaired) electrons. The summed E-state index contributed by atoms with van der Waals surface area (Å²) in [6.07, 6.45) is 8.46. The molecule has 0 aromatic heterocycles. The van der Waals surface area contributed by atoms with Crippen LogP contribution in [0.4, 0.5) is 0 Å². The number of aryl methyl sites for hydroxylation is 1. The first-order chi connectivity index (χ1) is 9.26. The first-order valence-corrected chi connectivity index (χ1v) is 7.06. The normalized spacial score (nSPS) is 17.5. The smallest absolute Gasteiger partial charge is 0.124 e. The number of ether oxygens (including phenoxy) is 1. The molecule has 0 spiro atoms. The lowest BCUT2D eigenvalue weighted by atomic mass is 9.94. The average molecular weight is 260 g/mol. The van der Waals surface area contributed by atoms with Crippen LogP contribution in [0.15, 0.2) is 29.8 Å². The molecular weight excluding hydrogens is 236 g/mol. The molecule has 3 heteroatoms. The van der Waals surface area contributed by atoms with Crippen LogP contribution < -0.4 is 16.0 Å². The molecule has 3 N–H and O–H groups in total. The SMILES string of the molecule is COc1cc(C)ccc1C(NN)C1=CCCCCC1. The second-order valence-corrected chi connectivity index (χ2v) is 5.22. The van der Waals surface area contributed by atoms with Crippen molar-refractivity contribution >= 4 is 0 Å². The average Bonchev–Trinajstić information content (AvgIpc) is 2.70. The summed E-state index contributed by atoms with van der Waals surface area (Å²) < 4.78 is 5.51. The Morgan fingerprint density at radius 1 is 1.26 bits per heavy atom. The third kappa shape index (κ3) is 3.37. The molecule has 104 valence electrons. The Morgan fingerprint density at radius 3 is 2.84 bits per heavy atom. The summed E-state index contributed by atoms with van der Waals surface area (Å²) in [6.45, 7) is 2.07. The van der Waals surface area contributed by atoms with Crippen molar-refractivity contribution in [3.63, 3.8) is 0 Å². The molecule has 1 aliphatic carbocycles. The predicted molar refractivity (Wildman–Crippen MR) is 79.0 cm³/mol. The second-order valence-electron chi connectivity index (χ2n) is 5.22. The largest absolute Gasteiger partial charge is 0.496 e. The molecule has 0 aliphatic heterocycles. The van der Waals surface area contributed by atoms with E-state index in [1.807, 2.05) is 0 Å². The minimum atomic E-state index is 0.0636. The molecule has 19 heavy (non-hydrogen) atoms. The van der Waals surface area contributed by atoms with Crippen LogP contribution in [-0.4, -0.2) is 7.11 Å². The molecule has 0 saturated carbocycles. The lowest BCUT2D eigenvalue weighted by Gasteiger charge is -2.22. The van der Waals surface area contributed by atoms with E-state index in [2.05, 4.69) is 36.6 Å². The molecule has 1 aliphatic rings. The Bertz CT molecular complexity index is 454. The van der Waals surface area contributed by atoms with E-state index >= 15 is 0 Å². The fourth-order valence-corrected chi connectivity index (χ4v) is 2.76. The summed E-state index contributed by atoms with van der Waals surface area (Å²) in [5, 5.41) is 0. The zero-order valence-electron chi connectivity index (χ0n) is 11.9. The zero-order chi connectivity index (χ0) is 13.7. The van der Waals surface area contributed by atoms with Gasteiger partial charge in [0.15, 0.2) is 0 Å². The van der Waals surface area contributed by atoms with Gasteiger partial charge in [0.2, 0.25) is 0 Å². The van der Waals surface area contributed by atoms with Gasteiger partial charge < -0.3 is 4.74 Å². The third-order valence-corrected chi connectivity index (χ3v) is 3.81. The molecule has 3 nitrogen and oxygen atoms in total. The molecule has 1 atom stereocenters. The van der Waals surface area contributed by atoms with Crippen LogP contribution in [0.25, 0.3) is 0 Å². The third-order valence-electron chi connectivity index (χ3n) is 3.81. The molecule has 0 bridgehead atoms. The van der Waals surface area contributed by atoms with Gasteiger partial charge in [0.05, 0.1) is 13.2 Å². The van der Waals surface area contributed by atoms with Crippen molar-refractivity contribution in [3.05, 3.63) is 41.0 Å². The minimum absolute atomic E-state index is 0.0636. The van der Waals surface area contributed by atoms with Gasteiger partial charge in [-0.15, -0.1) is 0 Å². The second kappa shape index (κ2) is 6.73. The van der Waals surface area contributed by atoms with Gasteiger partial charge in [-0.3, -0.25) is 5.84 Å². The monoisotopic (exact) mass is 260 g/mol. The van der Waals surface area contributed by atoms with Gasteiger partial charge in [0.25, 0.3) is 0 Å². The van der Waals surface area contributed by atoms with Crippen molar-refractivity contribution in [1.82, 2.24) is 5.43 Å². The van der Waals surface area contributed by atoms with E-state index in [4.69, 9.17) is 10.6 Å². The highest BCUT2D eigenvalue weighted by Gasteiger charge is 2.19. The molecular formula is C16H24N2O. The Morgan fingerprint density at radius 2 is 2.11 bits per heavy atom. The number of hydrogen-bond donors (Lipinski definition) is 2. The van der Waals surface area contributed by atoms with Crippen LogP contribution in [0.5, 0.6) is 5.75 Å². The lowest BCUT2D eigenvalue weighted by molar-refractivity contribution is 0.402. The summed E-state index contributed by atoms with van der Waals surface area (Å²) in [7, 11) is 1.72. The lowest BCUT2D eigenvalue weighted by Crippen LogP contribution is -2.29. The Labute approximate surface area is 115 Å². The maximum Gasteiger partial charge on any atom is 0.124 e. The molecule has 2 rings (SSSR count). The van der Waals surface area contributed by atoms with E-state index in [-0.39, 0.29) is 6.04 Å². The molecule has 1 aromatic carbocycles. The number of allylic oxidation sites excluding steroid dienone is 1. The van der Waals surface area contributed by atoms with E-state index in [0.29, 0.717) is 0 Å². The van der Waals surface area contributed by atoms with E-state index in [1.165, 1.54) is 30.4 Å². The number of benzene rings is 1. The van der Waals surface area contributed by atoms with E-state index in [0.717, 1.165) is 24.2 Å². The molecule has 0 fully saturated rings. The van der Waals surface area contributed by atoms with Crippen LogP contribution in [0.1, 0.15) is 49.3 Å². The number of hydrogen-bond acceptors (Lipinski definition) is 3. The Hall–Kier alpha value is -1.32. The van der Waals surface area contributed by atoms with Gasteiger partial charge in [0.1, 0.15) is 5.75 Å². The summed E-state index contributed by atoms with van der Waals surface area (Å²) in [6, 6.07) is 6.36. The van der Waals surface area contributed by atoms with Gasteiger partial charge in [-0.05, 0) is 44.2 Å². The van der Waals surface area contributed by atoms with Gasteiger partial charge in [0, 0.05) is 5.56 Å². The molecule has 0 heterocycles. The zero-order valence-corrected chi connectivity index (χ0v) is 11.9. The number of nitrogens with two attached hydrogens (primary N) is 1. The van der Waals surface area contributed by atoms with Crippen LogP contribution in [-0.2, 0) is 0 Å². The fourth-order valence-electron chi connectivity index (χ4n) is 2.76. The predicted octanol–water partition coefficient (Wildman–Crippen LogP) is 3.40. The maximum atomic E-state index is 5.80. The van der Waals surface area contributed by atoms with Gasteiger partial charge in [-0.25, -0.2) is 5.43 Å². The molecule has 0 saturated heterocycles. The van der Waals surface area contributed by atoms with Crippen molar-refractivity contribution in [2.75, 3.05) is 7.11 Å². The molecule has 1 aromatic rings. The highest BCUT2D eigenvalue weighted by atomic mass is 16.5. The van der Waals surface area contributed by atoms with Crippen LogP contribution in [0.2, 0.25) is 0 Å². The summed E-state index contributed by atoms with van der Waals surface area (Å²) in [5.41, 5.74) is 6.68. The topological polar surface area (TPSA) is 47.3 Å². The Balaban J connectivity index is 2.33. The van der Waals surface area contributed by atoms with Crippen LogP contribution in [0.3, 0.4) is 0 Å². The summed E-state index contributed by atoms with van der Waals surface area (Å²) >= 11 is 0. The van der Waals surface area contributed by atoms with Crippen molar-refractivity contribution < 1.29 is 4.74 Å². The standard InChI is InChI=1S/C16H24N2O/c1-12-9-10-14(15(11-12)19-2)16(18-17)13-7-5-3-4-6-8-13/h7,9-11,16,18H,3-6,8,17H2,1-2H3. The quantitative estimate of drug-likeness (QED) is 0.495. The summed E-state index contributed by atoms with van der Waals surface area (Å²) in [5.74, 6) is 6.71. The van der Waals surface area contributed by atoms with Crippen LogP contribution in [0, 0.1) is 6.92 Å². The molecule has 1 unspecified atom stereocenters. The van der Waals surface area contributed by atoms with E-state index < -0.39 is 0 Å². The number of nitrogens with one attached hydrogen (secondary N) is 1. The number of hydrazine groups is 1. The molecule has 0 amide bonds. The highest BCUT2D eigenvalue weighted by molar-refractivity contribution is 5.42.